The van der Waals surface area contributed by atoms with Crippen LogP contribution in [0.25, 0.3) is 16.9 Å². The van der Waals surface area contributed by atoms with E-state index >= 15 is 0 Å². The molecule has 5 nitrogen and oxygen atoms in total. The highest BCUT2D eigenvalue weighted by atomic mass is 32.1. The van der Waals surface area contributed by atoms with Crippen LogP contribution in [0.3, 0.4) is 0 Å². The van der Waals surface area contributed by atoms with Gasteiger partial charge in [0.25, 0.3) is 0 Å². The van der Waals surface area contributed by atoms with E-state index in [0.717, 1.165) is 27.7 Å². The maximum absolute atomic E-state index is 13.0. The van der Waals surface area contributed by atoms with Gasteiger partial charge in [0.15, 0.2) is 10.8 Å². The van der Waals surface area contributed by atoms with Crippen molar-refractivity contribution in [3.8, 4) is 11.3 Å². The second-order valence-corrected chi connectivity index (χ2v) is 5.79. The van der Waals surface area contributed by atoms with Crippen LogP contribution >= 0.6 is 11.3 Å². The zero-order chi connectivity index (χ0) is 15.6. The predicted molar refractivity (Wildman–Crippen MR) is 87.8 cm³/mol. The normalized spacial score (nSPS) is 11.0. The Morgan fingerprint density at radius 1 is 1.09 bits per heavy atom. The van der Waals surface area contributed by atoms with Crippen molar-refractivity contribution in [1.82, 2.24) is 19.6 Å². The lowest BCUT2D eigenvalue weighted by atomic mass is 10.2. The van der Waals surface area contributed by atoms with Crippen LogP contribution in [0.5, 0.6) is 0 Å². The maximum Gasteiger partial charge on any atom is 0.183 e. The molecule has 0 amide bonds. The summed E-state index contributed by atoms with van der Waals surface area (Å²) in [6.07, 6.45) is 3.49. The van der Waals surface area contributed by atoms with Crippen LogP contribution in [0.2, 0.25) is 0 Å². The van der Waals surface area contributed by atoms with Crippen molar-refractivity contribution in [2.24, 2.45) is 0 Å². The van der Waals surface area contributed by atoms with E-state index < -0.39 is 0 Å². The summed E-state index contributed by atoms with van der Waals surface area (Å²) in [7, 11) is 0. The van der Waals surface area contributed by atoms with Crippen molar-refractivity contribution in [3.63, 3.8) is 0 Å². The minimum atomic E-state index is -0.247. The maximum atomic E-state index is 13.0. The van der Waals surface area contributed by atoms with Crippen molar-refractivity contribution in [2.45, 2.75) is 6.54 Å². The predicted octanol–water partition coefficient (Wildman–Crippen LogP) is 3.60. The molecule has 1 N–H and O–H groups in total. The lowest BCUT2D eigenvalue weighted by Crippen LogP contribution is -2.06. The second kappa shape index (κ2) is 5.77. The van der Waals surface area contributed by atoms with E-state index in [4.69, 9.17) is 0 Å². The highest BCUT2D eigenvalue weighted by molar-refractivity contribution is 7.14. The molecule has 0 spiro atoms. The molecule has 0 atom stereocenters. The molecule has 1 aromatic carbocycles. The molecule has 3 heterocycles. The summed E-state index contributed by atoms with van der Waals surface area (Å²) in [4.78, 5) is 8.77. The van der Waals surface area contributed by atoms with E-state index in [1.165, 1.54) is 23.5 Å². The summed E-state index contributed by atoms with van der Waals surface area (Å²) in [6, 6.07) is 10.1. The molecule has 23 heavy (non-hydrogen) atoms. The summed E-state index contributed by atoms with van der Waals surface area (Å²) in [6.45, 7) is 0.594. The van der Waals surface area contributed by atoms with Gasteiger partial charge in [0.2, 0.25) is 0 Å². The van der Waals surface area contributed by atoms with Gasteiger partial charge in [-0.1, -0.05) is 0 Å². The van der Waals surface area contributed by atoms with Gasteiger partial charge in [-0.15, -0.1) is 11.3 Å². The molecule has 0 bridgehead atoms. The molecule has 0 radical (unpaired) electrons. The van der Waals surface area contributed by atoms with E-state index in [9.17, 15) is 4.39 Å². The smallest absolute Gasteiger partial charge is 0.183 e. The summed E-state index contributed by atoms with van der Waals surface area (Å²) < 4.78 is 14.8. The zero-order valence-electron chi connectivity index (χ0n) is 12.0. The first-order valence-corrected chi connectivity index (χ1v) is 7.90. The van der Waals surface area contributed by atoms with E-state index in [2.05, 4.69) is 20.4 Å². The van der Waals surface area contributed by atoms with Gasteiger partial charge in [-0.2, -0.15) is 5.10 Å². The third-order valence-corrected chi connectivity index (χ3v) is 4.23. The van der Waals surface area contributed by atoms with Crippen molar-refractivity contribution in [2.75, 3.05) is 5.32 Å². The number of benzene rings is 1. The Morgan fingerprint density at radius 3 is 2.83 bits per heavy atom. The largest absolute Gasteiger partial charge is 0.356 e. The van der Waals surface area contributed by atoms with Crippen molar-refractivity contribution in [1.29, 1.82) is 0 Å². The number of fused-ring (bicyclic) bond motifs is 1. The molecule has 0 aliphatic rings. The Balaban J connectivity index is 1.52. The second-order valence-electron chi connectivity index (χ2n) is 4.94. The van der Waals surface area contributed by atoms with Crippen LogP contribution in [0.1, 0.15) is 5.69 Å². The van der Waals surface area contributed by atoms with Crippen LogP contribution < -0.4 is 5.32 Å². The van der Waals surface area contributed by atoms with Crippen LogP contribution in [0, 0.1) is 5.82 Å². The fourth-order valence-electron chi connectivity index (χ4n) is 2.29. The van der Waals surface area contributed by atoms with Crippen LogP contribution in [-0.2, 0) is 6.54 Å². The van der Waals surface area contributed by atoms with Gasteiger partial charge in [0.1, 0.15) is 5.82 Å². The van der Waals surface area contributed by atoms with Crippen molar-refractivity contribution < 1.29 is 4.39 Å². The third kappa shape index (κ3) is 2.78. The van der Waals surface area contributed by atoms with Gasteiger partial charge in [-0.05, 0) is 30.3 Å². The number of anilines is 1. The Labute approximate surface area is 135 Å². The summed E-state index contributed by atoms with van der Waals surface area (Å²) in [5.41, 5.74) is 3.54. The number of thiazole rings is 1. The fraction of sp³-hybridized carbons (Fsp3) is 0.0625. The standard InChI is InChI=1S/C16H12FN5S/c17-12-3-1-11(2-4-12)14-10-23-16(21-14)19-9-13-5-7-18-15-6-8-20-22(13)15/h1-8,10H,9H2,(H,19,21). The number of nitrogens with zero attached hydrogens (tertiary/aromatic N) is 4. The molecule has 4 rings (SSSR count). The average Bonchev–Trinajstić information content (AvgIpc) is 3.23. The van der Waals surface area contributed by atoms with E-state index in [0.29, 0.717) is 6.54 Å². The molecular formula is C16H12FN5S. The Bertz CT molecular complexity index is 944. The van der Waals surface area contributed by atoms with E-state index in [1.807, 2.05) is 17.5 Å². The Kier molecular flexibility index (Phi) is 3.47. The zero-order valence-corrected chi connectivity index (χ0v) is 12.8. The summed E-state index contributed by atoms with van der Waals surface area (Å²) in [5, 5.41) is 10.3. The van der Waals surface area contributed by atoms with Crippen LogP contribution in [0.4, 0.5) is 9.52 Å². The molecule has 3 aromatic heterocycles. The van der Waals surface area contributed by atoms with Gasteiger partial charge in [-0.3, -0.25) is 0 Å². The first-order valence-electron chi connectivity index (χ1n) is 7.02. The molecule has 7 heteroatoms. The molecule has 0 saturated carbocycles. The van der Waals surface area contributed by atoms with Crippen LogP contribution in [0.15, 0.2) is 54.2 Å². The topological polar surface area (TPSA) is 55.1 Å². The molecule has 4 aromatic rings. The van der Waals surface area contributed by atoms with Crippen molar-refractivity contribution in [3.05, 3.63) is 65.7 Å². The molecule has 0 unspecified atom stereocenters. The fourth-order valence-corrected chi connectivity index (χ4v) is 3.01. The highest BCUT2D eigenvalue weighted by Gasteiger charge is 2.06. The summed E-state index contributed by atoms with van der Waals surface area (Å²) in [5.74, 6) is -0.247. The minimum absolute atomic E-state index is 0.247. The lowest BCUT2D eigenvalue weighted by molar-refractivity contribution is 0.628. The van der Waals surface area contributed by atoms with E-state index in [-0.39, 0.29) is 5.82 Å². The van der Waals surface area contributed by atoms with Crippen molar-refractivity contribution >= 4 is 22.1 Å². The summed E-state index contributed by atoms with van der Waals surface area (Å²) >= 11 is 1.51. The van der Waals surface area contributed by atoms with Crippen LogP contribution in [-0.4, -0.2) is 19.6 Å². The number of hydrogen-bond donors (Lipinski definition) is 1. The average molecular weight is 325 g/mol. The molecular weight excluding hydrogens is 313 g/mol. The van der Waals surface area contributed by atoms with Gasteiger partial charge < -0.3 is 5.32 Å². The highest BCUT2D eigenvalue weighted by Crippen LogP contribution is 2.25. The van der Waals surface area contributed by atoms with Gasteiger partial charge in [0, 0.05) is 23.2 Å². The van der Waals surface area contributed by atoms with Gasteiger partial charge >= 0.3 is 0 Å². The van der Waals surface area contributed by atoms with E-state index in [1.54, 1.807) is 29.0 Å². The molecule has 114 valence electrons. The quantitative estimate of drug-likeness (QED) is 0.623. The SMILES string of the molecule is Fc1ccc(-c2csc(NCc3ccnc4ccnn34)n2)cc1. The number of aromatic nitrogens is 4. The first-order chi connectivity index (χ1) is 11.3. The number of rotatable bonds is 4. The monoisotopic (exact) mass is 325 g/mol. The molecule has 0 fully saturated rings. The number of hydrogen-bond acceptors (Lipinski definition) is 5. The third-order valence-electron chi connectivity index (χ3n) is 3.43. The lowest BCUT2D eigenvalue weighted by Gasteiger charge is -2.05. The Hall–Kier alpha value is -2.80. The minimum Gasteiger partial charge on any atom is -0.356 e. The van der Waals surface area contributed by atoms with Gasteiger partial charge in [0.05, 0.1) is 24.1 Å². The number of nitrogens with one attached hydrogen (secondary N) is 1. The number of halogens is 1. The first kappa shape index (κ1) is 13.8. The molecule has 0 aliphatic heterocycles. The van der Waals surface area contributed by atoms with Gasteiger partial charge in [-0.25, -0.2) is 18.9 Å². The molecule has 0 aliphatic carbocycles. The molecule has 0 saturated heterocycles. The Morgan fingerprint density at radius 2 is 1.96 bits per heavy atom.